The van der Waals surface area contributed by atoms with Gasteiger partial charge in [-0.15, -0.1) is 0 Å². The van der Waals surface area contributed by atoms with Crippen LogP contribution in [0.25, 0.3) is 0 Å². The average molecular weight is 223 g/mol. The second-order valence-corrected chi connectivity index (χ2v) is 5.43. The van der Waals surface area contributed by atoms with Crippen molar-refractivity contribution in [1.82, 2.24) is 20.1 Å². The van der Waals surface area contributed by atoms with Crippen molar-refractivity contribution in [2.24, 2.45) is 5.73 Å². The third-order valence-electron chi connectivity index (χ3n) is 2.96. The minimum Gasteiger partial charge on any atom is -0.324 e. The molecule has 1 saturated heterocycles. The van der Waals surface area contributed by atoms with E-state index in [4.69, 9.17) is 5.73 Å². The van der Waals surface area contributed by atoms with Crippen molar-refractivity contribution in [3.05, 3.63) is 12.2 Å². The normalized spacial score (nSPS) is 23.6. The molecule has 1 aliphatic heterocycles. The van der Waals surface area contributed by atoms with Crippen LogP contribution in [0.3, 0.4) is 0 Å². The molecule has 0 bridgehead atoms. The molecule has 0 radical (unpaired) electrons. The van der Waals surface area contributed by atoms with Gasteiger partial charge in [0, 0.05) is 24.5 Å². The summed E-state index contributed by atoms with van der Waals surface area (Å²) in [6.07, 6.45) is 3.99. The Labute approximate surface area is 96.4 Å². The second kappa shape index (κ2) is 4.51. The smallest absolute Gasteiger partial charge is 0.137 e. The van der Waals surface area contributed by atoms with Gasteiger partial charge in [0.25, 0.3) is 0 Å². The summed E-state index contributed by atoms with van der Waals surface area (Å²) in [5, 5.41) is 6.89. The quantitative estimate of drug-likeness (QED) is 0.792. The fourth-order valence-electron chi connectivity index (χ4n) is 2.41. The first-order chi connectivity index (χ1) is 7.54. The molecular weight excluding hydrogens is 202 g/mol. The first-order valence-corrected chi connectivity index (χ1v) is 5.91. The summed E-state index contributed by atoms with van der Waals surface area (Å²) in [4.78, 5) is 6.67. The van der Waals surface area contributed by atoms with Gasteiger partial charge in [-0.2, -0.15) is 5.10 Å². The highest BCUT2D eigenvalue weighted by Gasteiger charge is 2.26. The predicted octanol–water partition coefficient (Wildman–Crippen LogP) is 0.721. The van der Waals surface area contributed by atoms with E-state index in [9.17, 15) is 0 Å². The number of H-pyrrole nitrogens is 1. The van der Waals surface area contributed by atoms with Crippen LogP contribution in [0.2, 0.25) is 0 Å². The van der Waals surface area contributed by atoms with E-state index in [0.29, 0.717) is 5.92 Å². The number of nitrogens with two attached hydrogens (primary N) is 1. The molecule has 3 N–H and O–H groups in total. The Balaban J connectivity index is 1.94. The van der Waals surface area contributed by atoms with Crippen molar-refractivity contribution in [2.45, 2.75) is 38.1 Å². The van der Waals surface area contributed by atoms with Gasteiger partial charge in [0.05, 0.1) is 0 Å². The highest BCUT2D eigenvalue weighted by Crippen LogP contribution is 2.24. The summed E-state index contributed by atoms with van der Waals surface area (Å²) in [6, 6.07) is 0. The lowest BCUT2D eigenvalue weighted by Gasteiger charge is -2.35. The molecule has 0 saturated carbocycles. The third kappa shape index (κ3) is 3.02. The molecule has 1 aromatic heterocycles. The summed E-state index contributed by atoms with van der Waals surface area (Å²) in [7, 11) is 0. The molecule has 1 fully saturated rings. The van der Waals surface area contributed by atoms with E-state index < -0.39 is 0 Å². The minimum absolute atomic E-state index is 0.122. The van der Waals surface area contributed by atoms with Crippen molar-refractivity contribution < 1.29 is 0 Å². The molecule has 90 valence electrons. The monoisotopic (exact) mass is 223 g/mol. The van der Waals surface area contributed by atoms with Crippen LogP contribution in [0.15, 0.2) is 6.33 Å². The fourth-order valence-corrected chi connectivity index (χ4v) is 2.41. The zero-order valence-electron chi connectivity index (χ0n) is 10.1. The first kappa shape index (κ1) is 11.5. The summed E-state index contributed by atoms with van der Waals surface area (Å²) >= 11 is 0. The van der Waals surface area contributed by atoms with Crippen molar-refractivity contribution in [1.29, 1.82) is 0 Å². The molecule has 5 heteroatoms. The standard InChI is InChI=1S/C11H21N5/c1-11(2,12)7-16-5-3-4-9(6-16)10-13-8-14-15-10/h8-9H,3-7,12H2,1-2H3,(H,13,14,15). The van der Waals surface area contributed by atoms with Crippen LogP contribution in [0.1, 0.15) is 38.4 Å². The second-order valence-electron chi connectivity index (χ2n) is 5.43. The summed E-state index contributed by atoms with van der Waals surface area (Å²) in [5.41, 5.74) is 5.93. The van der Waals surface area contributed by atoms with Gasteiger partial charge in [-0.3, -0.25) is 5.10 Å². The number of nitrogens with one attached hydrogen (secondary N) is 1. The van der Waals surface area contributed by atoms with Crippen LogP contribution in [-0.2, 0) is 0 Å². The van der Waals surface area contributed by atoms with Gasteiger partial charge >= 0.3 is 0 Å². The maximum absolute atomic E-state index is 6.05. The number of rotatable bonds is 3. The number of aromatic amines is 1. The van der Waals surface area contributed by atoms with Crippen molar-refractivity contribution in [3.63, 3.8) is 0 Å². The van der Waals surface area contributed by atoms with Crippen LogP contribution in [0.4, 0.5) is 0 Å². The average Bonchev–Trinajstić information content (AvgIpc) is 2.68. The number of nitrogens with zero attached hydrogens (tertiary/aromatic N) is 3. The van der Waals surface area contributed by atoms with Gasteiger partial charge < -0.3 is 10.6 Å². The Morgan fingerprint density at radius 2 is 2.44 bits per heavy atom. The third-order valence-corrected chi connectivity index (χ3v) is 2.96. The Morgan fingerprint density at radius 3 is 3.06 bits per heavy atom. The molecule has 1 atom stereocenters. The van der Waals surface area contributed by atoms with Crippen molar-refractivity contribution in [3.8, 4) is 0 Å². The van der Waals surface area contributed by atoms with Gasteiger partial charge in [-0.25, -0.2) is 4.98 Å². The van der Waals surface area contributed by atoms with E-state index in [2.05, 4.69) is 33.9 Å². The van der Waals surface area contributed by atoms with Gasteiger partial charge in [0.2, 0.25) is 0 Å². The van der Waals surface area contributed by atoms with Crippen LogP contribution >= 0.6 is 0 Å². The maximum atomic E-state index is 6.05. The lowest BCUT2D eigenvalue weighted by atomic mass is 9.95. The molecule has 2 rings (SSSR count). The topological polar surface area (TPSA) is 70.8 Å². The molecule has 5 nitrogen and oxygen atoms in total. The number of hydrogen-bond donors (Lipinski definition) is 2. The van der Waals surface area contributed by atoms with E-state index in [0.717, 1.165) is 25.5 Å². The van der Waals surface area contributed by atoms with E-state index >= 15 is 0 Å². The number of aromatic nitrogens is 3. The Bertz CT molecular complexity index is 314. The molecule has 0 spiro atoms. The number of likely N-dealkylation sites (tertiary alicyclic amines) is 1. The summed E-state index contributed by atoms with van der Waals surface area (Å²) in [6.45, 7) is 7.27. The lowest BCUT2D eigenvalue weighted by molar-refractivity contribution is 0.173. The zero-order valence-corrected chi connectivity index (χ0v) is 10.1. The number of piperidine rings is 1. The highest BCUT2D eigenvalue weighted by molar-refractivity contribution is 4.97. The van der Waals surface area contributed by atoms with Crippen LogP contribution in [0.5, 0.6) is 0 Å². The highest BCUT2D eigenvalue weighted by atomic mass is 15.2. The van der Waals surface area contributed by atoms with Gasteiger partial charge in [0.1, 0.15) is 12.2 Å². The molecule has 16 heavy (non-hydrogen) atoms. The first-order valence-electron chi connectivity index (χ1n) is 5.91. The van der Waals surface area contributed by atoms with E-state index in [1.54, 1.807) is 6.33 Å². The molecular formula is C11H21N5. The van der Waals surface area contributed by atoms with Gasteiger partial charge in [0.15, 0.2) is 0 Å². The molecule has 1 unspecified atom stereocenters. The lowest BCUT2D eigenvalue weighted by Crippen LogP contribution is -2.48. The van der Waals surface area contributed by atoms with Crippen molar-refractivity contribution in [2.75, 3.05) is 19.6 Å². The predicted molar refractivity (Wildman–Crippen MR) is 63.1 cm³/mol. The molecule has 2 heterocycles. The summed E-state index contributed by atoms with van der Waals surface area (Å²) < 4.78 is 0. The van der Waals surface area contributed by atoms with E-state index in [1.165, 1.54) is 12.8 Å². The Kier molecular flexibility index (Phi) is 3.25. The Hall–Kier alpha value is -0.940. The molecule has 1 aliphatic rings. The van der Waals surface area contributed by atoms with E-state index in [-0.39, 0.29) is 5.54 Å². The van der Waals surface area contributed by atoms with Crippen LogP contribution in [0, 0.1) is 0 Å². The number of hydrogen-bond acceptors (Lipinski definition) is 4. The molecule has 0 aliphatic carbocycles. The molecule has 1 aromatic rings. The van der Waals surface area contributed by atoms with Crippen LogP contribution in [-0.4, -0.2) is 45.3 Å². The fraction of sp³-hybridized carbons (Fsp3) is 0.818. The molecule has 0 amide bonds. The summed E-state index contributed by atoms with van der Waals surface area (Å²) in [5.74, 6) is 1.50. The van der Waals surface area contributed by atoms with Gasteiger partial charge in [-0.05, 0) is 33.2 Å². The van der Waals surface area contributed by atoms with E-state index in [1.807, 2.05) is 0 Å². The van der Waals surface area contributed by atoms with Crippen LogP contribution < -0.4 is 5.73 Å². The van der Waals surface area contributed by atoms with Gasteiger partial charge in [-0.1, -0.05) is 0 Å². The Morgan fingerprint density at radius 1 is 1.62 bits per heavy atom. The minimum atomic E-state index is -0.122. The maximum Gasteiger partial charge on any atom is 0.137 e. The molecule has 0 aromatic carbocycles. The SMILES string of the molecule is CC(C)(N)CN1CCCC(c2ncn[nH]2)C1. The largest absolute Gasteiger partial charge is 0.324 e. The zero-order chi connectivity index (χ0) is 11.6. The van der Waals surface area contributed by atoms with Crippen molar-refractivity contribution >= 4 is 0 Å².